The lowest BCUT2D eigenvalue weighted by Gasteiger charge is -2.15. The molecule has 2 aromatic heterocycles. The summed E-state index contributed by atoms with van der Waals surface area (Å²) < 4.78 is 25.3. The van der Waals surface area contributed by atoms with Crippen molar-refractivity contribution in [3.05, 3.63) is 102 Å². The highest BCUT2D eigenvalue weighted by molar-refractivity contribution is 7.16. The fourth-order valence-electron chi connectivity index (χ4n) is 3.49. The molecule has 164 valence electrons. The van der Waals surface area contributed by atoms with Crippen LogP contribution in [0, 0.1) is 12.7 Å². The second kappa shape index (κ2) is 9.34. The maximum absolute atomic E-state index is 13.2. The van der Waals surface area contributed by atoms with Crippen molar-refractivity contribution in [2.45, 2.75) is 20.1 Å². The van der Waals surface area contributed by atoms with Crippen molar-refractivity contribution in [3.8, 4) is 21.5 Å². The molecule has 0 spiro atoms. The van der Waals surface area contributed by atoms with Crippen LogP contribution in [0.3, 0.4) is 0 Å². The summed E-state index contributed by atoms with van der Waals surface area (Å²) in [4.78, 5) is 4.79. The molecular weight excluding hydrogens is 437 g/mol. The molecule has 0 saturated heterocycles. The van der Waals surface area contributed by atoms with E-state index in [0.717, 1.165) is 39.0 Å². The standard InChI is InChI=1S/C26H20FN3O2S/c1-17-23(16-32-26-30-29-25(33-26)19-11-13-20(27)14-12-19)28-22-10-6-5-9-21(22)24(17)31-15-18-7-3-2-4-8-18/h2-14H,15-16H2,1H3. The normalized spacial score (nSPS) is 11.0. The van der Waals surface area contributed by atoms with E-state index >= 15 is 0 Å². The van der Waals surface area contributed by atoms with Crippen molar-refractivity contribution in [3.63, 3.8) is 0 Å². The number of hydrogen-bond acceptors (Lipinski definition) is 6. The Morgan fingerprint density at radius 2 is 1.58 bits per heavy atom. The van der Waals surface area contributed by atoms with Crippen molar-refractivity contribution < 1.29 is 13.9 Å². The summed E-state index contributed by atoms with van der Waals surface area (Å²) in [7, 11) is 0. The molecule has 5 rings (SSSR count). The van der Waals surface area contributed by atoms with Crippen molar-refractivity contribution in [1.29, 1.82) is 0 Å². The molecule has 0 saturated carbocycles. The van der Waals surface area contributed by atoms with Crippen molar-refractivity contribution >= 4 is 22.2 Å². The highest BCUT2D eigenvalue weighted by atomic mass is 32.1. The van der Waals surface area contributed by atoms with E-state index in [1.54, 1.807) is 12.1 Å². The predicted molar refractivity (Wildman–Crippen MR) is 127 cm³/mol. The molecule has 0 fully saturated rings. The van der Waals surface area contributed by atoms with Gasteiger partial charge in [-0.3, -0.25) is 0 Å². The van der Waals surface area contributed by atoms with Crippen LogP contribution in [0.5, 0.6) is 10.9 Å². The van der Waals surface area contributed by atoms with Gasteiger partial charge in [-0.05, 0) is 48.9 Å². The minimum atomic E-state index is -0.289. The molecule has 0 aliphatic carbocycles. The van der Waals surface area contributed by atoms with Gasteiger partial charge >= 0.3 is 0 Å². The number of fused-ring (bicyclic) bond motifs is 1. The summed E-state index contributed by atoms with van der Waals surface area (Å²) >= 11 is 1.31. The molecule has 5 aromatic rings. The fraction of sp³-hybridized carbons (Fsp3) is 0.115. The lowest BCUT2D eigenvalue weighted by molar-refractivity contribution is 0.289. The molecule has 0 amide bonds. The maximum Gasteiger partial charge on any atom is 0.294 e. The summed E-state index contributed by atoms with van der Waals surface area (Å²) in [5, 5.41) is 10.3. The number of aromatic nitrogens is 3. The number of pyridine rings is 1. The van der Waals surface area contributed by atoms with Crippen molar-refractivity contribution in [2.24, 2.45) is 0 Å². The Bertz CT molecular complexity index is 1390. The number of nitrogens with zero attached hydrogens (tertiary/aromatic N) is 3. The summed E-state index contributed by atoms with van der Waals surface area (Å²) in [6, 6.07) is 24.1. The predicted octanol–water partition coefficient (Wildman–Crippen LogP) is 6.36. The molecule has 3 aromatic carbocycles. The van der Waals surface area contributed by atoms with E-state index in [-0.39, 0.29) is 12.4 Å². The van der Waals surface area contributed by atoms with Gasteiger partial charge in [0.25, 0.3) is 5.19 Å². The first-order valence-electron chi connectivity index (χ1n) is 10.4. The van der Waals surface area contributed by atoms with Crippen molar-refractivity contribution in [2.75, 3.05) is 0 Å². The summed E-state index contributed by atoms with van der Waals surface area (Å²) in [6.07, 6.45) is 0. The van der Waals surface area contributed by atoms with Gasteiger partial charge in [-0.25, -0.2) is 9.37 Å². The Morgan fingerprint density at radius 1 is 0.818 bits per heavy atom. The first-order valence-corrected chi connectivity index (χ1v) is 11.3. The van der Waals surface area contributed by atoms with E-state index < -0.39 is 0 Å². The number of benzene rings is 3. The Labute approximate surface area is 194 Å². The van der Waals surface area contributed by atoms with Crippen molar-refractivity contribution in [1.82, 2.24) is 15.2 Å². The summed E-state index contributed by atoms with van der Waals surface area (Å²) in [6.45, 7) is 2.69. The third-order valence-corrected chi connectivity index (χ3v) is 6.12. The second-order valence-electron chi connectivity index (χ2n) is 7.47. The van der Waals surface area contributed by atoms with Gasteiger partial charge in [0.2, 0.25) is 0 Å². The van der Waals surface area contributed by atoms with Crippen LogP contribution in [0.4, 0.5) is 4.39 Å². The van der Waals surface area contributed by atoms with Crippen LogP contribution in [-0.4, -0.2) is 15.2 Å². The lowest BCUT2D eigenvalue weighted by atomic mass is 10.1. The van der Waals surface area contributed by atoms with E-state index in [0.29, 0.717) is 16.8 Å². The molecule has 7 heteroatoms. The molecule has 33 heavy (non-hydrogen) atoms. The molecule has 0 bridgehead atoms. The van der Waals surface area contributed by atoms with E-state index in [1.807, 2.05) is 61.5 Å². The molecule has 0 atom stereocenters. The number of hydrogen-bond donors (Lipinski definition) is 0. The van der Waals surface area contributed by atoms with Gasteiger partial charge in [0, 0.05) is 16.5 Å². The number of rotatable bonds is 7. The third-order valence-electron chi connectivity index (χ3n) is 5.23. The van der Waals surface area contributed by atoms with Crippen LogP contribution in [0.1, 0.15) is 16.8 Å². The second-order valence-corrected chi connectivity index (χ2v) is 8.41. The fourth-order valence-corrected chi connectivity index (χ4v) is 4.19. The monoisotopic (exact) mass is 457 g/mol. The summed E-state index contributed by atoms with van der Waals surface area (Å²) in [5.74, 6) is 0.509. The minimum Gasteiger partial charge on any atom is -0.488 e. The van der Waals surface area contributed by atoms with Crippen LogP contribution in [0.25, 0.3) is 21.5 Å². The molecule has 0 N–H and O–H groups in total. The van der Waals surface area contributed by atoms with Gasteiger partial charge in [-0.2, -0.15) is 0 Å². The number of halogens is 1. The molecular formula is C26H20FN3O2S. The van der Waals surface area contributed by atoms with Crippen LogP contribution >= 0.6 is 11.3 Å². The van der Waals surface area contributed by atoms with Crippen LogP contribution in [-0.2, 0) is 13.2 Å². The lowest BCUT2D eigenvalue weighted by Crippen LogP contribution is -2.05. The highest BCUT2D eigenvalue weighted by Crippen LogP contribution is 2.33. The largest absolute Gasteiger partial charge is 0.488 e. The smallest absolute Gasteiger partial charge is 0.294 e. The third kappa shape index (κ3) is 4.68. The van der Waals surface area contributed by atoms with E-state index in [9.17, 15) is 4.39 Å². The Morgan fingerprint density at radius 3 is 2.39 bits per heavy atom. The van der Waals surface area contributed by atoms with E-state index in [4.69, 9.17) is 14.5 Å². The van der Waals surface area contributed by atoms with Gasteiger partial charge in [-0.1, -0.05) is 58.9 Å². The Balaban J connectivity index is 1.38. The summed E-state index contributed by atoms with van der Waals surface area (Å²) in [5.41, 5.74) is 4.43. The average molecular weight is 458 g/mol. The maximum atomic E-state index is 13.2. The van der Waals surface area contributed by atoms with Crippen LogP contribution < -0.4 is 9.47 Å². The van der Waals surface area contributed by atoms with Gasteiger partial charge in [-0.15, -0.1) is 5.10 Å². The molecule has 0 radical (unpaired) electrons. The van der Waals surface area contributed by atoms with Gasteiger partial charge in [0.05, 0.1) is 11.2 Å². The molecule has 0 unspecified atom stereocenters. The number of para-hydroxylation sites is 1. The average Bonchev–Trinajstić information content (AvgIpc) is 3.32. The van der Waals surface area contributed by atoms with Crippen LogP contribution in [0.15, 0.2) is 78.9 Å². The Kier molecular flexibility index (Phi) is 5.95. The Hall–Kier alpha value is -3.84. The molecule has 0 aliphatic rings. The molecule has 0 aliphatic heterocycles. The van der Waals surface area contributed by atoms with Gasteiger partial charge < -0.3 is 9.47 Å². The quantitative estimate of drug-likeness (QED) is 0.285. The van der Waals surface area contributed by atoms with Gasteiger partial charge in [0.15, 0.2) is 5.01 Å². The molecule has 2 heterocycles. The van der Waals surface area contributed by atoms with E-state index in [1.165, 1.54) is 23.5 Å². The zero-order chi connectivity index (χ0) is 22.6. The minimum absolute atomic E-state index is 0.233. The number of ether oxygens (including phenoxy) is 2. The zero-order valence-electron chi connectivity index (χ0n) is 17.9. The topological polar surface area (TPSA) is 57.1 Å². The van der Waals surface area contributed by atoms with E-state index in [2.05, 4.69) is 10.2 Å². The molecule has 5 nitrogen and oxygen atoms in total. The van der Waals surface area contributed by atoms with Gasteiger partial charge in [0.1, 0.15) is 24.8 Å². The first kappa shape index (κ1) is 21.0. The zero-order valence-corrected chi connectivity index (χ0v) is 18.7. The van der Waals surface area contributed by atoms with Crippen LogP contribution in [0.2, 0.25) is 0 Å². The SMILES string of the molecule is Cc1c(COc2nnc(-c3ccc(F)cc3)s2)nc2ccccc2c1OCc1ccccc1. The first-order chi connectivity index (χ1) is 16.2. The highest BCUT2D eigenvalue weighted by Gasteiger charge is 2.15.